The van der Waals surface area contributed by atoms with E-state index in [2.05, 4.69) is 20.5 Å². The first kappa shape index (κ1) is 20.6. The van der Waals surface area contributed by atoms with Crippen LogP contribution in [0.1, 0.15) is 12.8 Å². The van der Waals surface area contributed by atoms with E-state index in [0.29, 0.717) is 16.7 Å². The fraction of sp³-hybridized carbons (Fsp3) is 0.333. The van der Waals surface area contributed by atoms with Gasteiger partial charge in [-0.25, -0.2) is 4.98 Å². The minimum absolute atomic E-state index is 0.134. The van der Waals surface area contributed by atoms with E-state index in [1.165, 1.54) is 24.0 Å². The maximum absolute atomic E-state index is 12.4. The maximum atomic E-state index is 12.4. The van der Waals surface area contributed by atoms with Crippen LogP contribution in [-0.4, -0.2) is 44.1 Å². The Labute approximate surface area is 185 Å². The number of carbonyl (C=O) groups is 1. The largest absolute Gasteiger partial charge is 0.376 e. The van der Waals surface area contributed by atoms with E-state index < -0.39 is 0 Å². The number of ether oxygens (including phenoxy) is 1. The van der Waals surface area contributed by atoms with E-state index in [1.807, 2.05) is 22.1 Å². The second kappa shape index (κ2) is 9.44. The third-order valence-electron chi connectivity index (χ3n) is 4.27. The Bertz CT molecular complexity index is 990. The molecule has 1 unspecified atom stereocenters. The number of amides is 1. The third-order valence-corrected chi connectivity index (χ3v) is 6.59. The lowest BCUT2D eigenvalue weighted by molar-refractivity contribution is -0.113. The summed E-state index contributed by atoms with van der Waals surface area (Å²) in [5.74, 6) is 0.980. The standard InChI is InChI=1S/C18H17Cl2N5O2S2/c19-11-7-13(20)16(21-8-11)22-15(26)10-29-18-24-23-17(14-4-2-6-28-14)25(18)9-12-3-1-5-27-12/h2,4,6-8,12H,1,3,5,9-10H2,(H,21,22,26). The first-order valence-corrected chi connectivity index (χ1v) is 11.5. The molecule has 0 radical (unpaired) electrons. The number of pyridine rings is 1. The van der Waals surface area contributed by atoms with E-state index in [9.17, 15) is 4.79 Å². The summed E-state index contributed by atoms with van der Waals surface area (Å²) in [5, 5.41) is 14.7. The van der Waals surface area contributed by atoms with Gasteiger partial charge < -0.3 is 10.1 Å². The molecule has 3 aromatic rings. The smallest absolute Gasteiger partial charge is 0.236 e. The zero-order chi connectivity index (χ0) is 20.2. The van der Waals surface area contributed by atoms with Crippen molar-refractivity contribution in [2.45, 2.75) is 30.6 Å². The molecule has 152 valence electrons. The van der Waals surface area contributed by atoms with Crippen LogP contribution in [0.3, 0.4) is 0 Å². The molecule has 0 saturated carbocycles. The van der Waals surface area contributed by atoms with Crippen LogP contribution < -0.4 is 5.32 Å². The highest BCUT2D eigenvalue weighted by molar-refractivity contribution is 7.99. The molecule has 11 heteroatoms. The third kappa shape index (κ3) is 5.10. The molecule has 29 heavy (non-hydrogen) atoms. The molecule has 1 N–H and O–H groups in total. The summed E-state index contributed by atoms with van der Waals surface area (Å²) in [6.07, 6.45) is 3.63. The van der Waals surface area contributed by atoms with Gasteiger partial charge in [-0.1, -0.05) is 41.0 Å². The molecule has 7 nitrogen and oxygen atoms in total. The minimum Gasteiger partial charge on any atom is -0.376 e. The number of thiophene rings is 1. The number of halogens is 2. The number of nitrogens with zero attached hydrogens (tertiary/aromatic N) is 4. The number of carbonyl (C=O) groups excluding carboxylic acids is 1. The van der Waals surface area contributed by atoms with Crippen molar-refractivity contribution in [2.75, 3.05) is 17.7 Å². The number of nitrogens with one attached hydrogen (secondary N) is 1. The molecule has 1 aliphatic rings. The fourth-order valence-electron chi connectivity index (χ4n) is 2.94. The number of hydrogen-bond acceptors (Lipinski definition) is 7. The molecule has 4 heterocycles. The van der Waals surface area contributed by atoms with Gasteiger partial charge in [-0.2, -0.15) is 0 Å². The Morgan fingerprint density at radius 3 is 3.03 bits per heavy atom. The summed E-state index contributed by atoms with van der Waals surface area (Å²) in [7, 11) is 0. The van der Waals surface area contributed by atoms with Crippen LogP contribution in [0.15, 0.2) is 34.9 Å². The van der Waals surface area contributed by atoms with Crippen LogP contribution in [0.2, 0.25) is 10.0 Å². The lowest BCUT2D eigenvalue weighted by Crippen LogP contribution is -2.18. The molecule has 0 bridgehead atoms. The van der Waals surface area contributed by atoms with Gasteiger partial charge >= 0.3 is 0 Å². The van der Waals surface area contributed by atoms with Gasteiger partial charge in [-0.3, -0.25) is 9.36 Å². The predicted molar refractivity (Wildman–Crippen MR) is 116 cm³/mol. The Balaban J connectivity index is 1.46. The molecule has 1 aliphatic heterocycles. The van der Waals surface area contributed by atoms with E-state index in [4.69, 9.17) is 27.9 Å². The molecule has 0 aliphatic carbocycles. The summed E-state index contributed by atoms with van der Waals surface area (Å²) in [4.78, 5) is 17.4. The summed E-state index contributed by atoms with van der Waals surface area (Å²) in [5.41, 5.74) is 0. The Kier molecular flexibility index (Phi) is 6.71. The molecule has 3 aromatic heterocycles. The Morgan fingerprint density at radius 2 is 2.31 bits per heavy atom. The molecule has 1 atom stereocenters. The van der Waals surface area contributed by atoms with Crippen molar-refractivity contribution in [1.82, 2.24) is 19.7 Å². The van der Waals surface area contributed by atoms with Crippen molar-refractivity contribution in [3.8, 4) is 10.7 Å². The molecule has 0 spiro atoms. The zero-order valence-electron chi connectivity index (χ0n) is 15.2. The zero-order valence-corrected chi connectivity index (χ0v) is 18.3. The maximum Gasteiger partial charge on any atom is 0.236 e. The van der Waals surface area contributed by atoms with Crippen molar-refractivity contribution in [3.05, 3.63) is 39.8 Å². The number of hydrogen-bond donors (Lipinski definition) is 1. The van der Waals surface area contributed by atoms with Crippen LogP contribution in [-0.2, 0) is 16.1 Å². The average Bonchev–Trinajstić information content (AvgIpc) is 3.45. The van der Waals surface area contributed by atoms with Gasteiger partial charge in [0, 0.05) is 12.8 Å². The van der Waals surface area contributed by atoms with Crippen LogP contribution in [0.5, 0.6) is 0 Å². The fourth-order valence-corrected chi connectivity index (χ4v) is 4.84. The SMILES string of the molecule is O=C(CSc1nnc(-c2cccs2)n1CC1CCCO1)Nc1ncc(Cl)cc1Cl. The monoisotopic (exact) mass is 469 g/mol. The second-order valence-corrected chi connectivity index (χ2v) is 9.08. The molecular weight excluding hydrogens is 453 g/mol. The van der Waals surface area contributed by atoms with E-state index in [-0.39, 0.29) is 28.6 Å². The number of rotatable bonds is 7. The summed E-state index contributed by atoms with van der Waals surface area (Å²) in [6, 6.07) is 5.52. The number of thioether (sulfide) groups is 1. The topological polar surface area (TPSA) is 81.9 Å². The Morgan fingerprint density at radius 1 is 1.41 bits per heavy atom. The van der Waals surface area contributed by atoms with E-state index in [1.54, 1.807) is 11.3 Å². The Hall–Kier alpha value is -1.65. The summed E-state index contributed by atoms with van der Waals surface area (Å²) < 4.78 is 7.82. The first-order chi connectivity index (χ1) is 14.1. The first-order valence-electron chi connectivity index (χ1n) is 8.92. The van der Waals surface area contributed by atoms with Gasteiger partial charge in [-0.05, 0) is 30.4 Å². The second-order valence-electron chi connectivity index (χ2n) is 6.35. The van der Waals surface area contributed by atoms with Gasteiger partial charge in [0.2, 0.25) is 5.91 Å². The van der Waals surface area contributed by atoms with Crippen molar-refractivity contribution in [3.63, 3.8) is 0 Å². The predicted octanol–water partition coefficient (Wildman–Crippen LogP) is 4.62. The number of aromatic nitrogens is 4. The van der Waals surface area contributed by atoms with Crippen LogP contribution in [0.4, 0.5) is 5.82 Å². The van der Waals surface area contributed by atoms with Crippen molar-refractivity contribution >= 4 is 58.0 Å². The van der Waals surface area contributed by atoms with Crippen molar-refractivity contribution in [2.24, 2.45) is 0 Å². The molecule has 0 aromatic carbocycles. The van der Waals surface area contributed by atoms with Gasteiger partial charge in [-0.15, -0.1) is 21.5 Å². The van der Waals surface area contributed by atoms with E-state index in [0.717, 1.165) is 30.2 Å². The van der Waals surface area contributed by atoms with Crippen LogP contribution in [0.25, 0.3) is 10.7 Å². The minimum atomic E-state index is -0.240. The lowest BCUT2D eigenvalue weighted by Gasteiger charge is -2.14. The van der Waals surface area contributed by atoms with Gasteiger partial charge in [0.1, 0.15) is 0 Å². The van der Waals surface area contributed by atoms with Crippen LogP contribution >= 0.6 is 46.3 Å². The number of anilines is 1. The van der Waals surface area contributed by atoms with E-state index >= 15 is 0 Å². The van der Waals surface area contributed by atoms with Crippen LogP contribution in [0, 0.1) is 0 Å². The average molecular weight is 470 g/mol. The molecule has 1 amide bonds. The summed E-state index contributed by atoms with van der Waals surface area (Å²) >= 11 is 14.8. The molecule has 1 saturated heterocycles. The van der Waals surface area contributed by atoms with Gasteiger partial charge in [0.15, 0.2) is 16.8 Å². The lowest BCUT2D eigenvalue weighted by atomic mass is 10.2. The highest BCUT2D eigenvalue weighted by Gasteiger charge is 2.22. The molecule has 4 rings (SSSR count). The van der Waals surface area contributed by atoms with Crippen molar-refractivity contribution in [1.29, 1.82) is 0 Å². The van der Waals surface area contributed by atoms with Crippen molar-refractivity contribution < 1.29 is 9.53 Å². The highest BCUT2D eigenvalue weighted by Crippen LogP contribution is 2.29. The quantitative estimate of drug-likeness (QED) is 0.508. The van der Waals surface area contributed by atoms with Gasteiger partial charge in [0.25, 0.3) is 0 Å². The highest BCUT2D eigenvalue weighted by atomic mass is 35.5. The van der Waals surface area contributed by atoms with Gasteiger partial charge in [0.05, 0.1) is 33.3 Å². The normalized spacial score (nSPS) is 16.3. The molecular formula is C18H17Cl2N5O2S2. The molecule has 1 fully saturated rings. The summed E-state index contributed by atoms with van der Waals surface area (Å²) in [6.45, 7) is 1.44.